The Bertz CT molecular complexity index is 201. The first-order valence-corrected chi connectivity index (χ1v) is 4.33. The van der Waals surface area contributed by atoms with Crippen LogP contribution in [0.2, 0.25) is 0 Å². The third-order valence-corrected chi connectivity index (χ3v) is 2.03. The number of hydrogen-bond acceptors (Lipinski definition) is 0. The summed E-state index contributed by atoms with van der Waals surface area (Å²) in [4.78, 5) is 0. The van der Waals surface area contributed by atoms with Crippen LogP contribution < -0.4 is 0 Å². The second kappa shape index (κ2) is 3.08. The molecule has 0 fully saturated rings. The van der Waals surface area contributed by atoms with Crippen molar-refractivity contribution in [3.63, 3.8) is 0 Å². The molecule has 0 spiro atoms. The van der Waals surface area contributed by atoms with Gasteiger partial charge in [-0.05, 0) is 0 Å². The van der Waals surface area contributed by atoms with E-state index in [1.54, 1.807) is 19.4 Å². The monoisotopic (exact) mass is 288 g/mol. The van der Waals surface area contributed by atoms with Crippen molar-refractivity contribution in [1.29, 1.82) is 0 Å². The standard InChI is InChI=1S/C8H8.W/c1-2-8-6-4-3-5-7-8;/h3-7H,1H3;. The fraction of sp³-hybridized carbons (Fsp3) is 0.125. The molecule has 0 amide bonds. The van der Waals surface area contributed by atoms with Gasteiger partial charge in [0.05, 0.1) is 0 Å². The van der Waals surface area contributed by atoms with Gasteiger partial charge in [-0.2, -0.15) is 0 Å². The van der Waals surface area contributed by atoms with Crippen molar-refractivity contribution in [2.75, 3.05) is 0 Å². The third-order valence-electron chi connectivity index (χ3n) is 1.18. The van der Waals surface area contributed by atoms with E-state index < -0.39 is 0 Å². The van der Waals surface area contributed by atoms with E-state index in [1.807, 2.05) is 6.07 Å². The van der Waals surface area contributed by atoms with Crippen LogP contribution in [0.3, 0.4) is 0 Å². The molecule has 0 aliphatic rings. The Morgan fingerprint density at radius 2 is 1.78 bits per heavy atom. The summed E-state index contributed by atoms with van der Waals surface area (Å²) in [5, 5.41) is 0. The van der Waals surface area contributed by atoms with Gasteiger partial charge in [0.1, 0.15) is 0 Å². The summed E-state index contributed by atoms with van der Waals surface area (Å²) in [5.74, 6) is 0. The summed E-state index contributed by atoms with van der Waals surface area (Å²) in [6, 6.07) is 10.5. The Balaban J connectivity index is 2.98. The van der Waals surface area contributed by atoms with E-state index >= 15 is 0 Å². The van der Waals surface area contributed by atoms with E-state index in [-0.39, 0.29) is 0 Å². The van der Waals surface area contributed by atoms with E-state index in [1.165, 1.54) is 9.46 Å². The topological polar surface area (TPSA) is 0 Å². The normalized spacial score (nSPS) is 9.00. The summed E-state index contributed by atoms with van der Waals surface area (Å²) >= 11 is 1.55. The van der Waals surface area contributed by atoms with Crippen molar-refractivity contribution < 1.29 is 19.4 Å². The second-order valence-electron chi connectivity index (χ2n) is 1.92. The van der Waals surface area contributed by atoms with Crippen LogP contribution in [-0.2, 0) is 19.4 Å². The van der Waals surface area contributed by atoms with E-state index in [4.69, 9.17) is 0 Å². The molecule has 0 aliphatic heterocycles. The minimum absolute atomic E-state index is 1.37. The molecule has 0 atom stereocenters. The zero-order chi connectivity index (χ0) is 6.69. The Labute approximate surface area is 66.3 Å². The van der Waals surface area contributed by atoms with Crippen molar-refractivity contribution in [1.82, 2.24) is 0 Å². The van der Waals surface area contributed by atoms with Crippen LogP contribution in [-0.4, -0.2) is 3.90 Å². The van der Waals surface area contributed by atoms with Crippen molar-refractivity contribution in [2.24, 2.45) is 0 Å². The molecule has 46 valence electrons. The molecular weight excluding hydrogens is 280 g/mol. The molecule has 0 saturated carbocycles. The first-order valence-electron chi connectivity index (χ1n) is 2.86. The summed E-state index contributed by atoms with van der Waals surface area (Å²) in [5.41, 5.74) is 1.37. The van der Waals surface area contributed by atoms with Gasteiger partial charge in [-0.25, -0.2) is 0 Å². The average Bonchev–Trinajstić information content (AvgIpc) is 1.90. The van der Waals surface area contributed by atoms with E-state index in [9.17, 15) is 0 Å². The summed E-state index contributed by atoms with van der Waals surface area (Å²) in [6.45, 7) is 2.16. The van der Waals surface area contributed by atoms with Crippen molar-refractivity contribution in [3.05, 3.63) is 35.9 Å². The molecule has 0 saturated heterocycles. The Kier molecular flexibility index (Phi) is 2.36. The number of benzene rings is 1. The van der Waals surface area contributed by atoms with Gasteiger partial charge in [-0.15, -0.1) is 0 Å². The summed E-state index contributed by atoms with van der Waals surface area (Å²) in [6.07, 6.45) is 0. The molecular formula is C8H8W. The van der Waals surface area contributed by atoms with Gasteiger partial charge in [0.15, 0.2) is 0 Å². The Hall–Kier alpha value is -0.222. The van der Waals surface area contributed by atoms with E-state index in [0.29, 0.717) is 0 Å². The average molecular weight is 288 g/mol. The molecule has 0 heterocycles. The molecule has 1 rings (SSSR count). The van der Waals surface area contributed by atoms with Gasteiger partial charge < -0.3 is 0 Å². The van der Waals surface area contributed by atoms with Crippen LogP contribution in [0.1, 0.15) is 12.5 Å². The van der Waals surface area contributed by atoms with Crippen molar-refractivity contribution in [2.45, 2.75) is 6.92 Å². The SMILES string of the molecule is C[C](=[W])c1ccccc1. The molecule has 0 unspecified atom stereocenters. The third kappa shape index (κ3) is 1.87. The van der Waals surface area contributed by atoms with Crippen LogP contribution in [0.4, 0.5) is 0 Å². The Morgan fingerprint density at radius 3 is 2.11 bits per heavy atom. The predicted molar refractivity (Wildman–Crippen MR) is 36.2 cm³/mol. The van der Waals surface area contributed by atoms with Gasteiger partial charge in [-0.1, -0.05) is 0 Å². The van der Waals surface area contributed by atoms with Gasteiger partial charge >= 0.3 is 66.1 Å². The van der Waals surface area contributed by atoms with E-state index in [0.717, 1.165) is 0 Å². The zero-order valence-corrected chi connectivity index (χ0v) is 8.23. The zero-order valence-electron chi connectivity index (χ0n) is 5.29. The Morgan fingerprint density at radius 1 is 1.22 bits per heavy atom. The summed E-state index contributed by atoms with van der Waals surface area (Å²) in [7, 11) is 0. The van der Waals surface area contributed by atoms with E-state index in [2.05, 4.69) is 31.2 Å². The molecule has 0 N–H and O–H groups in total. The molecule has 1 heteroatoms. The minimum atomic E-state index is 1.37. The molecule has 0 bridgehead atoms. The van der Waals surface area contributed by atoms with Crippen molar-refractivity contribution in [3.8, 4) is 0 Å². The summed E-state index contributed by atoms with van der Waals surface area (Å²) < 4.78 is 1.45. The molecule has 0 nitrogen and oxygen atoms in total. The fourth-order valence-corrected chi connectivity index (χ4v) is 1.16. The van der Waals surface area contributed by atoms with Crippen LogP contribution >= 0.6 is 0 Å². The quantitative estimate of drug-likeness (QED) is 0.739. The molecule has 9 heavy (non-hydrogen) atoms. The van der Waals surface area contributed by atoms with Crippen LogP contribution in [0.15, 0.2) is 30.3 Å². The first-order chi connectivity index (χ1) is 4.30. The van der Waals surface area contributed by atoms with Gasteiger partial charge in [0.2, 0.25) is 0 Å². The molecule has 1 aromatic carbocycles. The number of rotatable bonds is 1. The predicted octanol–water partition coefficient (Wildman–Crippen LogP) is 1.77. The maximum absolute atomic E-state index is 2.16. The van der Waals surface area contributed by atoms with Crippen LogP contribution in [0.5, 0.6) is 0 Å². The maximum atomic E-state index is 2.16. The first kappa shape index (κ1) is 6.89. The second-order valence-corrected chi connectivity index (χ2v) is 4.12. The van der Waals surface area contributed by atoms with Gasteiger partial charge in [0.25, 0.3) is 0 Å². The van der Waals surface area contributed by atoms with Gasteiger partial charge in [-0.3, -0.25) is 0 Å². The molecule has 0 radical (unpaired) electrons. The van der Waals surface area contributed by atoms with Crippen LogP contribution in [0.25, 0.3) is 0 Å². The fourth-order valence-electron chi connectivity index (χ4n) is 0.673. The van der Waals surface area contributed by atoms with Crippen molar-refractivity contribution >= 4 is 3.90 Å². The van der Waals surface area contributed by atoms with Crippen LogP contribution in [0, 0.1) is 0 Å². The molecule has 0 aliphatic carbocycles. The molecule has 1 aromatic rings. The number of hydrogen-bond donors (Lipinski definition) is 0. The van der Waals surface area contributed by atoms with Gasteiger partial charge in [0, 0.05) is 0 Å². The molecule has 0 aromatic heterocycles.